The number of ether oxygens (including phenoxy) is 4. The molecule has 0 fully saturated rings. The van der Waals surface area contributed by atoms with Gasteiger partial charge in [-0.1, -0.05) is 338 Å². The zero-order valence-corrected chi connectivity index (χ0v) is 64.8. The number of esters is 4. The van der Waals surface area contributed by atoms with Gasteiger partial charge in [0.25, 0.3) is 0 Å². The van der Waals surface area contributed by atoms with E-state index in [4.69, 9.17) is 37.0 Å². The highest BCUT2D eigenvalue weighted by Crippen LogP contribution is 2.45. The van der Waals surface area contributed by atoms with Gasteiger partial charge in [-0.05, 0) is 49.4 Å². The van der Waals surface area contributed by atoms with Crippen molar-refractivity contribution in [2.45, 2.75) is 408 Å². The Morgan fingerprint density at radius 3 is 0.646 bits per heavy atom. The molecular formula is C77H150O17P2. The highest BCUT2D eigenvalue weighted by Gasteiger charge is 2.30. The summed E-state index contributed by atoms with van der Waals surface area (Å²) in [7, 11) is -9.91. The van der Waals surface area contributed by atoms with Crippen LogP contribution in [0.5, 0.6) is 0 Å². The summed E-state index contributed by atoms with van der Waals surface area (Å²) >= 11 is 0. The molecule has 17 nitrogen and oxygen atoms in total. The van der Waals surface area contributed by atoms with Gasteiger partial charge < -0.3 is 33.8 Å². The lowest BCUT2D eigenvalue weighted by Crippen LogP contribution is -2.30. The van der Waals surface area contributed by atoms with Crippen LogP contribution in [0, 0.1) is 23.7 Å². The molecule has 0 aliphatic rings. The van der Waals surface area contributed by atoms with Crippen molar-refractivity contribution in [2.24, 2.45) is 23.7 Å². The number of hydrogen-bond donors (Lipinski definition) is 3. The number of aliphatic hydroxyl groups is 1. The van der Waals surface area contributed by atoms with Crippen LogP contribution >= 0.6 is 15.6 Å². The van der Waals surface area contributed by atoms with E-state index in [1.807, 2.05) is 0 Å². The normalized spacial score (nSPS) is 14.1. The minimum atomic E-state index is -4.96. The number of hydrogen-bond acceptors (Lipinski definition) is 15. The van der Waals surface area contributed by atoms with Gasteiger partial charge >= 0.3 is 39.5 Å². The van der Waals surface area contributed by atoms with Gasteiger partial charge in [0.1, 0.15) is 19.3 Å². The summed E-state index contributed by atoms with van der Waals surface area (Å²) in [6.07, 6.45) is 51.4. The first-order valence-corrected chi connectivity index (χ1v) is 42.7. The van der Waals surface area contributed by atoms with Crippen molar-refractivity contribution in [3.05, 3.63) is 0 Å². The lowest BCUT2D eigenvalue weighted by molar-refractivity contribution is -0.161. The van der Waals surface area contributed by atoms with Crippen LogP contribution < -0.4 is 0 Å². The van der Waals surface area contributed by atoms with Gasteiger partial charge in [-0.25, -0.2) is 9.13 Å². The molecule has 3 unspecified atom stereocenters. The highest BCUT2D eigenvalue weighted by molar-refractivity contribution is 7.47. The molecule has 19 heteroatoms. The molecule has 0 radical (unpaired) electrons. The fraction of sp³-hybridized carbons (Fsp3) is 0.948. The summed E-state index contributed by atoms with van der Waals surface area (Å²) in [5.74, 6) is 0.922. The monoisotopic (exact) mass is 1410 g/mol. The Kier molecular flexibility index (Phi) is 65.0. The van der Waals surface area contributed by atoms with Crippen molar-refractivity contribution < 1.29 is 80.2 Å². The zero-order chi connectivity index (χ0) is 71.0. The van der Waals surface area contributed by atoms with E-state index in [1.165, 1.54) is 186 Å². The number of aliphatic hydroxyl groups excluding tert-OH is 1. The maximum absolute atomic E-state index is 13.1. The third-order valence-corrected chi connectivity index (χ3v) is 19.7. The maximum Gasteiger partial charge on any atom is 0.472 e. The second-order valence-electron chi connectivity index (χ2n) is 29.7. The average Bonchev–Trinajstić information content (AvgIpc) is 2.00. The van der Waals surface area contributed by atoms with E-state index < -0.39 is 97.5 Å². The lowest BCUT2D eigenvalue weighted by Gasteiger charge is -2.21. The van der Waals surface area contributed by atoms with Crippen molar-refractivity contribution in [3.8, 4) is 0 Å². The molecule has 0 aromatic carbocycles. The molecule has 0 aliphatic heterocycles. The molecular weight excluding hydrogens is 1260 g/mol. The predicted octanol–water partition coefficient (Wildman–Crippen LogP) is 22.4. The summed E-state index contributed by atoms with van der Waals surface area (Å²) in [5, 5.41) is 10.6. The molecule has 0 saturated heterocycles. The molecule has 0 aliphatic carbocycles. The number of unbranched alkanes of at least 4 members (excludes halogenated alkanes) is 40. The molecule has 570 valence electrons. The Labute approximate surface area is 588 Å². The number of carbonyl (C=O) groups is 4. The van der Waals surface area contributed by atoms with Gasteiger partial charge in [0.15, 0.2) is 12.2 Å². The first kappa shape index (κ1) is 94.1. The fourth-order valence-corrected chi connectivity index (χ4v) is 13.3. The molecule has 0 amide bonds. The SMILES string of the molecule is CC(C)CCCCCCCCCCCCCCCCCC(=O)O[C@H](COC(=O)CCCCCCCCCC(C)C)COP(=O)(O)OCC(O)COP(=O)(O)OC[C@@H](COC(=O)CCCCCCCCCCCCCCC(C)C)OC(=O)CCCCCCCCCCCCC(C)C. The van der Waals surface area contributed by atoms with Crippen LogP contribution in [-0.4, -0.2) is 96.7 Å². The van der Waals surface area contributed by atoms with Crippen LogP contribution in [-0.2, 0) is 65.4 Å². The Hall–Kier alpha value is -1.94. The molecule has 0 heterocycles. The number of phosphoric acid groups is 2. The van der Waals surface area contributed by atoms with E-state index in [0.29, 0.717) is 31.6 Å². The van der Waals surface area contributed by atoms with Gasteiger partial charge in [-0.3, -0.25) is 37.3 Å². The first-order valence-electron chi connectivity index (χ1n) is 39.7. The minimum Gasteiger partial charge on any atom is -0.462 e. The molecule has 0 bridgehead atoms. The predicted molar refractivity (Wildman–Crippen MR) is 391 cm³/mol. The molecule has 0 aromatic heterocycles. The van der Waals surface area contributed by atoms with E-state index in [2.05, 4.69) is 55.4 Å². The molecule has 5 atom stereocenters. The van der Waals surface area contributed by atoms with E-state index in [0.717, 1.165) is 114 Å². The van der Waals surface area contributed by atoms with Crippen LogP contribution in [0.4, 0.5) is 0 Å². The summed E-state index contributed by atoms with van der Waals surface area (Å²) in [5.41, 5.74) is 0. The van der Waals surface area contributed by atoms with E-state index in [-0.39, 0.29) is 25.7 Å². The van der Waals surface area contributed by atoms with Crippen LogP contribution in [0.15, 0.2) is 0 Å². The minimum absolute atomic E-state index is 0.106. The van der Waals surface area contributed by atoms with Crippen molar-refractivity contribution >= 4 is 39.5 Å². The van der Waals surface area contributed by atoms with Crippen molar-refractivity contribution in [1.29, 1.82) is 0 Å². The number of carbonyl (C=O) groups excluding carboxylic acids is 4. The molecule has 0 spiro atoms. The Balaban J connectivity index is 5.23. The van der Waals surface area contributed by atoms with E-state index >= 15 is 0 Å². The average molecular weight is 1410 g/mol. The highest BCUT2D eigenvalue weighted by atomic mass is 31.2. The van der Waals surface area contributed by atoms with Gasteiger partial charge in [-0.15, -0.1) is 0 Å². The lowest BCUT2D eigenvalue weighted by atomic mass is 10.0. The van der Waals surface area contributed by atoms with E-state index in [1.54, 1.807) is 0 Å². The maximum atomic E-state index is 13.1. The number of rotatable bonds is 74. The Morgan fingerprint density at radius 2 is 0.438 bits per heavy atom. The summed E-state index contributed by atoms with van der Waals surface area (Å²) < 4.78 is 68.6. The summed E-state index contributed by atoms with van der Waals surface area (Å²) in [4.78, 5) is 72.8. The molecule has 0 aromatic rings. The quantitative estimate of drug-likeness (QED) is 0.0222. The van der Waals surface area contributed by atoms with Gasteiger partial charge in [-0.2, -0.15) is 0 Å². The van der Waals surface area contributed by atoms with Crippen LogP contribution in [0.25, 0.3) is 0 Å². The number of phosphoric ester groups is 2. The van der Waals surface area contributed by atoms with Gasteiger partial charge in [0.2, 0.25) is 0 Å². The van der Waals surface area contributed by atoms with Crippen molar-refractivity contribution in [3.63, 3.8) is 0 Å². The second kappa shape index (κ2) is 66.3. The summed E-state index contributed by atoms with van der Waals surface area (Å²) in [6.45, 7) is 14.2. The smallest absolute Gasteiger partial charge is 0.462 e. The molecule has 0 saturated carbocycles. The fourth-order valence-electron chi connectivity index (χ4n) is 11.7. The van der Waals surface area contributed by atoms with Crippen LogP contribution in [0.1, 0.15) is 389 Å². The van der Waals surface area contributed by atoms with Gasteiger partial charge in [0.05, 0.1) is 26.4 Å². The Bertz CT molecular complexity index is 1880. The first-order chi connectivity index (χ1) is 46.1. The summed E-state index contributed by atoms with van der Waals surface area (Å²) in [6, 6.07) is 0. The van der Waals surface area contributed by atoms with Crippen molar-refractivity contribution in [1.82, 2.24) is 0 Å². The molecule has 96 heavy (non-hydrogen) atoms. The third kappa shape index (κ3) is 70.5. The second-order valence-corrected chi connectivity index (χ2v) is 32.6. The molecule has 3 N–H and O–H groups in total. The van der Waals surface area contributed by atoms with Crippen LogP contribution in [0.2, 0.25) is 0 Å². The van der Waals surface area contributed by atoms with Crippen LogP contribution in [0.3, 0.4) is 0 Å². The largest absolute Gasteiger partial charge is 0.472 e. The third-order valence-electron chi connectivity index (χ3n) is 17.8. The van der Waals surface area contributed by atoms with Gasteiger partial charge in [0, 0.05) is 25.7 Å². The molecule has 0 rings (SSSR count). The Morgan fingerprint density at radius 1 is 0.260 bits per heavy atom. The van der Waals surface area contributed by atoms with Crippen molar-refractivity contribution in [2.75, 3.05) is 39.6 Å². The van der Waals surface area contributed by atoms with E-state index in [9.17, 15) is 43.2 Å². The topological polar surface area (TPSA) is 237 Å². The zero-order valence-electron chi connectivity index (χ0n) is 63.0. The standard InChI is InChI=1S/C77H150O17P2/c1-67(2)53-45-37-29-22-16-12-10-9-11-13-19-26-34-43-51-59-76(81)94-73(64-88-75(80)58-50-42-36-28-32-40-48-56-70(7)8)66-92-96(85,86)90-62-71(78)61-89-95(83,84)91-65-72(93-77(82)60-52-44-35-27-21-20-24-31-39-47-55-69(5)6)63-87-74(79)57-49-41-33-25-18-15-14-17-23-30-38-46-54-68(3)4/h67-73,78H,9-66H2,1-8H3,(H,83,84)(H,85,86)/t71?,72-,73-/m1/s1.